The van der Waals surface area contributed by atoms with Crippen molar-refractivity contribution in [1.82, 2.24) is 0 Å². The van der Waals surface area contributed by atoms with Crippen molar-refractivity contribution < 1.29 is 0 Å². The van der Waals surface area contributed by atoms with E-state index in [1.54, 1.807) is 6.08 Å². The maximum atomic E-state index is 5.76. The molecule has 0 radical (unpaired) electrons. The van der Waals surface area contributed by atoms with Crippen LogP contribution in [-0.2, 0) is 5.88 Å². The number of halogens is 2. The van der Waals surface area contributed by atoms with Crippen molar-refractivity contribution in [2.24, 2.45) is 0 Å². The van der Waals surface area contributed by atoms with Crippen LogP contribution in [0.25, 0.3) is 6.08 Å². The van der Waals surface area contributed by atoms with E-state index in [1.165, 1.54) is 0 Å². The zero-order chi connectivity index (χ0) is 8.27. The van der Waals surface area contributed by atoms with Crippen molar-refractivity contribution >= 4 is 29.3 Å². The summed E-state index contributed by atoms with van der Waals surface area (Å²) < 4.78 is 0. The molecule has 0 aromatic heterocycles. The van der Waals surface area contributed by atoms with Gasteiger partial charge in [-0.05, 0) is 23.3 Å². The first kappa shape index (κ1) is 8.63. The van der Waals surface area contributed by atoms with Gasteiger partial charge in [0.1, 0.15) is 0 Å². The van der Waals surface area contributed by atoms with Crippen molar-refractivity contribution in [1.29, 1.82) is 0 Å². The van der Waals surface area contributed by atoms with E-state index in [0.717, 1.165) is 11.1 Å². The van der Waals surface area contributed by atoms with Crippen LogP contribution in [0.4, 0.5) is 0 Å². The molecule has 1 aromatic carbocycles. The Morgan fingerprint density at radius 2 is 2.18 bits per heavy atom. The van der Waals surface area contributed by atoms with E-state index in [-0.39, 0.29) is 0 Å². The third-order valence-electron chi connectivity index (χ3n) is 1.47. The third-order valence-corrected chi connectivity index (χ3v) is 1.99. The zero-order valence-electron chi connectivity index (χ0n) is 5.98. The van der Waals surface area contributed by atoms with Crippen LogP contribution in [0.1, 0.15) is 11.1 Å². The predicted molar refractivity (Wildman–Crippen MR) is 51.1 cm³/mol. The molecule has 2 heteroatoms. The van der Waals surface area contributed by atoms with Crippen molar-refractivity contribution in [3.8, 4) is 0 Å². The first-order valence-electron chi connectivity index (χ1n) is 3.24. The average Bonchev–Trinajstić information content (AvgIpc) is 2.04. The summed E-state index contributed by atoms with van der Waals surface area (Å²) >= 11 is 11.4. The number of hydrogen-bond donors (Lipinski definition) is 0. The molecule has 11 heavy (non-hydrogen) atoms. The molecule has 0 aliphatic carbocycles. The molecule has 0 spiro atoms. The lowest BCUT2D eigenvalue weighted by atomic mass is 10.1. The topological polar surface area (TPSA) is 0 Å². The van der Waals surface area contributed by atoms with E-state index in [1.807, 2.05) is 18.2 Å². The van der Waals surface area contributed by atoms with Gasteiger partial charge in [0.15, 0.2) is 0 Å². The number of hydrogen-bond acceptors (Lipinski definition) is 0. The second kappa shape index (κ2) is 3.80. The number of benzene rings is 1. The molecule has 0 nitrogen and oxygen atoms in total. The molecule has 1 rings (SSSR count). The fourth-order valence-corrected chi connectivity index (χ4v) is 1.32. The third kappa shape index (κ3) is 1.98. The van der Waals surface area contributed by atoms with Crippen LogP contribution in [0.15, 0.2) is 24.8 Å². The Morgan fingerprint density at radius 3 is 2.73 bits per heavy atom. The van der Waals surface area contributed by atoms with E-state index in [4.69, 9.17) is 23.2 Å². The van der Waals surface area contributed by atoms with Crippen molar-refractivity contribution in [2.75, 3.05) is 0 Å². The van der Waals surface area contributed by atoms with E-state index in [9.17, 15) is 0 Å². The van der Waals surface area contributed by atoms with Gasteiger partial charge in [-0.15, -0.1) is 11.6 Å². The van der Waals surface area contributed by atoms with E-state index in [2.05, 4.69) is 6.58 Å². The first-order valence-corrected chi connectivity index (χ1v) is 4.16. The minimum absolute atomic E-state index is 0.474. The molecule has 0 aliphatic rings. The van der Waals surface area contributed by atoms with Gasteiger partial charge in [0.25, 0.3) is 0 Å². The van der Waals surface area contributed by atoms with Gasteiger partial charge >= 0.3 is 0 Å². The molecule has 58 valence electrons. The zero-order valence-corrected chi connectivity index (χ0v) is 7.49. The van der Waals surface area contributed by atoms with Gasteiger partial charge in [-0.3, -0.25) is 0 Å². The lowest BCUT2D eigenvalue weighted by Gasteiger charge is -2.01. The quantitative estimate of drug-likeness (QED) is 0.619. The molecule has 1 aromatic rings. The van der Waals surface area contributed by atoms with Crippen molar-refractivity contribution in [3.63, 3.8) is 0 Å². The van der Waals surface area contributed by atoms with E-state index >= 15 is 0 Å². The highest BCUT2D eigenvalue weighted by Crippen LogP contribution is 2.18. The van der Waals surface area contributed by atoms with Gasteiger partial charge in [-0.25, -0.2) is 0 Å². The Labute approximate surface area is 76.4 Å². The molecule has 0 amide bonds. The monoisotopic (exact) mass is 186 g/mol. The minimum Gasteiger partial charge on any atom is -0.122 e. The van der Waals surface area contributed by atoms with Gasteiger partial charge in [-0.1, -0.05) is 30.3 Å². The maximum absolute atomic E-state index is 5.76. The van der Waals surface area contributed by atoms with Gasteiger partial charge in [0.05, 0.1) is 0 Å². The van der Waals surface area contributed by atoms with Crippen LogP contribution < -0.4 is 0 Å². The SMILES string of the molecule is C=Cc1ccc(Cl)cc1CCl. The van der Waals surface area contributed by atoms with Gasteiger partial charge in [0.2, 0.25) is 0 Å². The second-order valence-electron chi connectivity index (χ2n) is 2.18. The fourth-order valence-electron chi connectivity index (χ4n) is 0.889. The second-order valence-corrected chi connectivity index (χ2v) is 2.88. The standard InChI is InChI=1S/C9H8Cl2/c1-2-7-3-4-9(11)5-8(7)6-10/h2-5H,1,6H2. The summed E-state index contributed by atoms with van der Waals surface area (Å²) in [6, 6.07) is 5.59. The summed E-state index contributed by atoms with van der Waals surface area (Å²) in [4.78, 5) is 0. The van der Waals surface area contributed by atoms with Crippen LogP contribution in [0, 0.1) is 0 Å². The highest BCUT2D eigenvalue weighted by atomic mass is 35.5. The molecule has 0 saturated heterocycles. The van der Waals surface area contributed by atoms with Gasteiger partial charge < -0.3 is 0 Å². The number of rotatable bonds is 2. The smallest absolute Gasteiger partial charge is 0.0480 e. The summed E-state index contributed by atoms with van der Waals surface area (Å²) in [5.74, 6) is 0.474. The highest BCUT2D eigenvalue weighted by Gasteiger charge is 1.97. The van der Waals surface area contributed by atoms with Crippen molar-refractivity contribution in [2.45, 2.75) is 5.88 Å². The summed E-state index contributed by atoms with van der Waals surface area (Å²) in [5.41, 5.74) is 2.07. The first-order chi connectivity index (χ1) is 5.27. The molecular weight excluding hydrogens is 179 g/mol. The Bertz CT molecular complexity index is 266. The molecule has 0 bridgehead atoms. The Hall–Kier alpha value is -0.460. The Morgan fingerprint density at radius 1 is 1.45 bits per heavy atom. The Balaban J connectivity index is 3.16. The van der Waals surface area contributed by atoms with Gasteiger partial charge in [0, 0.05) is 10.9 Å². The molecule has 0 unspecified atom stereocenters. The average molecular weight is 187 g/mol. The molecule has 0 N–H and O–H groups in total. The fraction of sp³-hybridized carbons (Fsp3) is 0.111. The maximum Gasteiger partial charge on any atom is 0.0480 e. The molecular formula is C9H8Cl2. The van der Waals surface area contributed by atoms with Gasteiger partial charge in [-0.2, -0.15) is 0 Å². The lowest BCUT2D eigenvalue weighted by molar-refractivity contribution is 1.38. The van der Waals surface area contributed by atoms with Crippen LogP contribution >= 0.6 is 23.2 Å². The predicted octanol–water partition coefficient (Wildman–Crippen LogP) is 3.72. The summed E-state index contributed by atoms with van der Waals surface area (Å²) in [6.07, 6.45) is 1.77. The van der Waals surface area contributed by atoms with Crippen LogP contribution in [0.2, 0.25) is 5.02 Å². The van der Waals surface area contributed by atoms with Crippen LogP contribution in [-0.4, -0.2) is 0 Å². The molecule has 0 heterocycles. The van der Waals surface area contributed by atoms with E-state index < -0.39 is 0 Å². The summed E-state index contributed by atoms with van der Waals surface area (Å²) in [5, 5.41) is 0.714. The van der Waals surface area contributed by atoms with E-state index in [0.29, 0.717) is 10.9 Å². The molecule has 0 fully saturated rings. The largest absolute Gasteiger partial charge is 0.122 e. The highest BCUT2D eigenvalue weighted by molar-refractivity contribution is 6.30. The minimum atomic E-state index is 0.474. The summed E-state index contributed by atoms with van der Waals surface area (Å²) in [7, 11) is 0. The Kier molecular flexibility index (Phi) is 2.98. The molecule has 0 saturated carbocycles. The normalized spacial score (nSPS) is 9.64. The van der Waals surface area contributed by atoms with Crippen molar-refractivity contribution in [3.05, 3.63) is 40.9 Å². The molecule has 0 atom stereocenters. The lowest BCUT2D eigenvalue weighted by Crippen LogP contribution is -1.83. The summed E-state index contributed by atoms with van der Waals surface area (Å²) in [6.45, 7) is 3.67. The number of alkyl halides is 1. The van der Waals surface area contributed by atoms with Crippen LogP contribution in [0.3, 0.4) is 0 Å². The van der Waals surface area contributed by atoms with Crippen LogP contribution in [0.5, 0.6) is 0 Å². The molecule has 0 aliphatic heterocycles.